The van der Waals surface area contributed by atoms with Crippen LogP contribution in [0.3, 0.4) is 0 Å². The predicted octanol–water partition coefficient (Wildman–Crippen LogP) is 3.79. The second-order valence-electron chi connectivity index (χ2n) is 6.37. The molecule has 0 radical (unpaired) electrons. The Morgan fingerprint density at radius 2 is 1.66 bits per heavy atom. The Hall–Kier alpha value is -3.03. The first kappa shape index (κ1) is 22.3. The second kappa shape index (κ2) is 10.5. The monoisotopic (exact) mass is 402 g/mol. The topological polar surface area (TPSA) is 71.1 Å². The van der Waals surface area contributed by atoms with E-state index in [0.717, 1.165) is 0 Å². The number of hydrogen-bond acceptors (Lipinski definition) is 6. The van der Waals surface area contributed by atoms with Crippen molar-refractivity contribution in [1.82, 2.24) is 0 Å². The van der Waals surface area contributed by atoms with Gasteiger partial charge < -0.3 is 18.9 Å². The number of esters is 2. The minimum absolute atomic E-state index is 0.000293. The Balaban J connectivity index is 2.07. The summed E-state index contributed by atoms with van der Waals surface area (Å²) in [6.07, 6.45) is 0. The van der Waals surface area contributed by atoms with Gasteiger partial charge in [-0.15, -0.1) is 0 Å². The highest BCUT2D eigenvalue weighted by Crippen LogP contribution is 2.27. The Labute approximate surface area is 168 Å². The molecule has 7 heteroatoms. The number of benzene rings is 2. The molecule has 0 saturated carbocycles. The van der Waals surface area contributed by atoms with Crippen LogP contribution in [0.4, 0.5) is 4.39 Å². The highest BCUT2D eigenvalue weighted by molar-refractivity contribution is 5.89. The number of halogens is 1. The molecule has 0 aliphatic heterocycles. The first-order valence-corrected chi connectivity index (χ1v) is 8.85. The van der Waals surface area contributed by atoms with E-state index < -0.39 is 17.8 Å². The van der Waals surface area contributed by atoms with Crippen LogP contribution in [0.1, 0.15) is 6.92 Å². The zero-order valence-corrected chi connectivity index (χ0v) is 16.6. The van der Waals surface area contributed by atoms with Crippen molar-refractivity contribution in [3.63, 3.8) is 0 Å². The van der Waals surface area contributed by atoms with Crippen LogP contribution in [0.5, 0.6) is 11.5 Å². The molecule has 0 saturated heterocycles. The standard InChI is InChI=1S/C22H23FO6/c1-14(12-26-3)21(24)28-18-8-5-16(6-9-18)17-7-10-20(19(23)11-17)29-22(25)15(2)13-27-4/h5-11,14H,2,12-13H2,1,3-4H3. The summed E-state index contributed by atoms with van der Waals surface area (Å²) in [4.78, 5) is 23.7. The van der Waals surface area contributed by atoms with Gasteiger partial charge in [0.15, 0.2) is 11.6 Å². The summed E-state index contributed by atoms with van der Waals surface area (Å²) in [6.45, 7) is 5.50. The molecule has 0 aliphatic rings. The third kappa shape index (κ3) is 6.23. The summed E-state index contributed by atoms with van der Waals surface area (Å²) in [5.74, 6) is -2.05. The van der Waals surface area contributed by atoms with E-state index in [0.29, 0.717) is 16.9 Å². The summed E-state index contributed by atoms with van der Waals surface area (Å²) in [5, 5.41) is 0. The van der Waals surface area contributed by atoms with Crippen molar-refractivity contribution in [2.75, 3.05) is 27.4 Å². The normalized spacial score (nSPS) is 11.6. The minimum atomic E-state index is -0.757. The van der Waals surface area contributed by atoms with E-state index in [4.69, 9.17) is 18.9 Å². The van der Waals surface area contributed by atoms with Crippen LogP contribution in [0.25, 0.3) is 11.1 Å². The molecule has 2 aromatic rings. The van der Waals surface area contributed by atoms with E-state index in [9.17, 15) is 14.0 Å². The zero-order valence-electron chi connectivity index (χ0n) is 16.6. The SMILES string of the molecule is C=C(COC)C(=O)Oc1ccc(-c2ccc(OC(=O)C(C)COC)cc2)cc1F. The van der Waals surface area contributed by atoms with E-state index >= 15 is 0 Å². The van der Waals surface area contributed by atoms with Crippen LogP contribution in [-0.4, -0.2) is 39.4 Å². The zero-order chi connectivity index (χ0) is 21.4. The fourth-order valence-corrected chi connectivity index (χ4v) is 2.42. The number of ether oxygens (including phenoxy) is 4. The van der Waals surface area contributed by atoms with Crippen LogP contribution in [0.15, 0.2) is 54.6 Å². The fraction of sp³-hybridized carbons (Fsp3) is 0.273. The number of rotatable bonds is 9. The van der Waals surface area contributed by atoms with Gasteiger partial charge in [-0.2, -0.15) is 0 Å². The third-order valence-corrected chi connectivity index (χ3v) is 3.97. The maximum Gasteiger partial charge on any atom is 0.341 e. The van der Waals surface area contributed by atoms with Gasteiger partial charge >= 0.3 is 11.9 Å². The van der Waals surface area contributed by atoms with Crippen molar-refractivity contribution in [2.24, 2.45) is 5.92 Å². The molecule has 6 nitrogen and oxygen atoms in total. The van der Waals surface area contributed by atoms with Crippen LogP contribution in [-0.2, 0) is 19.1 Å². The second-order valence-corrected chi connectivity index (χ2v) is 6.37. The molecule has 1 atom stereocenters. The summed E-state index contributed by atoms with van der Waals surface area (Å²) in [6, 6.07) is 10.9. The molecule has 2 aromatic carbocycles. The van der Waals surface area contributed by atoms with Gasteiger partial charge in [-0.05, 0) is 42.3 Å². The first-order chi connectivity index (χ1) is 13.8. The average molecular weight is 402 g/mol. The maximum atomic E-state index is 14.3. The molecular weight excluding hydrogens is 379 g/mol. The summed E-state index contributed by atoms with van der Waals surface area (Å²) >= 11 is 0. The first-order valence-electron chi connectivity index (χ1n) is 8.85. The molecular formula is C22H23FO6. The molecule has 2 rings (SSSR count). The van der Waals surface area contributed by atoms with Crippen molar-refractivity contribution < 1.29 is 32.9 Å². The molecule has 0 heterocycles. The largest absolute Gasteiger partial charge is 0.426 e. The number of carbonyl (C=O) groups is 2. The molecule has 0 aliphatic carbocycles. The lowest BCUT2D eigenvalue weighted by Gasteiger charge is -2.11. The molecule has 0 N–H and O–H groups in total. The lowest BCUT2D eigenvalue weighted by atomic mass is 10.1. The van der Waals surface area contributed by atoms with Crippen molar-refractivity contribution >= 4 is 11.9 Å². The molecule has 29 heavy (non-hydrogen) atoms. The van der Waals surface area contributed by atoms with Crippen molar-refractivity contribution in [1.29, 1.82) is 0 Å². The molecule has 0 bridgehead atoms. The van der Waals surface area contributed by atoms with E-state index in [1.54, 1.807) is 37.3 Å². The van der Waals surface area contributed by atoms with Crippen molar-refractivity contribution in [2.45, 2.75) is 6.92 Å². The quantitative estimate of drug-likeness (QED) is 0.361. The predicted molar refractivity (Wildman–Crippen MR) is 105 cm³/mol. The van der Waals surface area contributed by atoms with Gasteiger partial charge in [-0.25, -0.2) is 9.18 Å². The minimum Gasteiger partial charge on any atom is -0.426 e. The average Bonchev–Trinajstić information content (AvgIpc) is 2.70. The third-order valence-electron chi connectivity index (χ3n) is 3.97. The molecule has 1 unspecified atom stereocenters. The van der Waals surface area contributed by atoms with Gasteiger partial charge in [0.2, 0.25) is 0 Å². The molecule has 0 spiro atoms. The van der Waals surface area contributed by atoms with Crippen LogP contribution in [0, 0.1) is 11.7 Å². The van der Waals surface area contributed by atoms with Gasteiger partial charge in [0.25, 0.3) is 0 Å². The highest BCUT2D eigenvalue weighted by Gasteiger charge is 2.16. The van der Waals surface area contributed by atoms with Gasteiger partial charge in [0.05, 0.1) is 24.7 Å². The number of methoxy groups -OCH3 is 2. The lowest BCUT2D eigenvalue weighted by molar-refractivity contribution is -0.140. The van der Waals surface area contributed by atoms with Crippen molar-refractivity contribution in [3.05, 3.63) is 60.4 Å². The Morgan fingerprint density at radius 3 is 2.24 bits per heavy atom. The van der Waals surface area contributed by atoms with E-state index in [1.807, 2.05) is 0 Å². The number of hydrogen-bond donors (Lipinski definition) is 0. The molecule has 0 fully saturated rings. The summed E-state index contributed by atoms with van der Waals surface area (Å²) < 4.78 is 34.3. The van der Waals surface area contributed by atoms with E-state index in [-0.39, 0.29) is 30.5 Å². The van der Waals surface area contributed by atoms with Crippen LogP contribution >= 0.6 is 0 Å². The lowest BCUT2D eigenvalue weighted by Crippen LogP contribution is -2.21. The van der Waals surface area contributed by atoms with E-state index in [2.05, 4.69) is 6.58 Å². The molecule has 0 aromatic heterocycles. The molecule has 154 valence electrons. The fourth-order valence-electron chi connectivity index (χ4n) is 2.42. The summed E-state index contributed by atoms with van der Waals surface area (Å²) in [7, 11) is 2.93. The Bertz CT molecular complexity index is 875. The summed E-state index contributed by atoms with van der Waals surface area (Å²) in [5.41, 5.74) is 1.36. The van der Waals surface area contributed by atoms with Gasteiger partial charge in [0.1, 0.15) is 5.75 Å². The molecule has 0 amide bonds. The van der Waals surface area contributed by atoms with Gasteiger partial charge in [-0.1, -0.05) is 24.8 Å². The Kier molecular flexibility index (Phi) is 8.06. The van der Waals surface area contributed by atoms with Crippen LogP contribution < -0.4 is 9.47 Å². The van der Waals surface area contributed by atoms with Gasteiger partial charge in [-0.3, -0.25) is 4.79 Å². The van der Waals surface area contributed by atoms with Crippen molar-refractivity contribution in [3.8, 4) is 22.6 Å². The number of carbonyl (C=O) groups excluding carboxylic acids is 2. The highest BCUT2D eigenvalue weighted by atomic mass is 19.1. The van der Waals surface area contributed by atoms with Gasteiger partial charge in [0, 0.05) is 14.2 Å². The van der Waals surface area contributed by atoms with E-state index in [1.165, 1.54) is 26.4 Å². The Morgan fingerprint density at radius 1 is 1.00 bits per heavy atom. The maximum absolute atomic E-state index is 14.3. The smallest absolute Gasteiger partial charge is 0.341 e. The van der Waals surface area contributed by atoms with Crippen LogP contribution in [0.2, 0.25) is 0 Å².